The van der Waals surface area contributed by atoms with Gasteiger partial charge in [0.05, 0.1) is 6.04 Å². The molecule has 1 heterocycles. The van der Waals surface area contributed by atoms with Crippen LogP contribution in [0.3, 0.4) is 0 Å². The lowest BCUT2D eigenvalue weighted by molar-refractivity contribution is -0.133. The summed E-state index contributed by atoms with van der Waals surface area (Å²) >= 11 is 0. The first-order valence-corrected chi connectivity index (χ1v) is 9.98. The van der Waals surface area contributed by atoms with Gasteiger partial charge in [0.25, 0.3) is 5.91 Å². The number of aliphatic hydroxyl groups excluding tert-OH is 1. The SMILES string of the molecule is BC(=O)N1C[C@@H]2CCC[C@@H]2[C@H]1C(=O)NC(CCC)C(O)C(=O)NC1CC1. The van der Waals surface area contributed by atoms with E-state index in [2.05, 4.69) is 10.6 Å². The van der Waals surface area contributed by atoms with Crippen LogP contribution < -0.4 is 10.6 Å². The summed E-state index contributed by atoms with van der Waals surface area (Å²) < 4.78 is 0. The Balaban J connectivity index is 1.67. The maximum atomic E-state index is 13.0. The highest BCUT2D eigenvalue weighted by molar-refractivity contribution is 6.57. The number of aliphatic hydroxyl groups is 1. The van der Waals surface area contributed by atoms with Gasteiger partial charge in [0, 0.05) is 12.6 Å². The van der Waals surface area contributed by atoms with Gasteiger partial charge in [0.1, 0.15) is 6.04 Å². The fourth-order valence-electron chi connectivity index (χ4n) is 4.55. The maximum Gasteiger partial charge on any atom is 0.251 e. The van der Waals surface area contributed by atoms with E-state index in [0.717, 1.165) is 38.5 Å². The Morgan fingerprint density at radius 2 is 1.96 bits per heavy atom. The molecular weight excluding hydrogens is 333 g/mol. The van der Waals surface area contributed by atoms with Gasteiger partial charge in [0.15, 0.2) is 11.9 Å². The lowest BCUT2D eigenvalue weighted by atomic mass is 9.92. The number of rotatable bonds is 7. The molecule has 0 aromatic rings. The highest BCUT2D eigenvalue weighted by Crippen LogP contribution is 2.42. The number of carbonyl (C=O) groups is 3. The van der Waals surface area contributed by atoms with Crippen LogP contribution in [0.25, 0.3) is 0 Å². The third-order valence-corrected chi connectivity index (χ3v) is 6.06. The van der Waals surface area contributed by atoms with E-state index in [1.54, 1.807) is 4.90 Å². The number of hydrogen-bond donors (Lipinski definition) is 3. The van der Waals surface area contributed by atoms with Crippen LogP contribution >= 0.6 is 0 Å². The lowest BCUT2D eigenvalue weighted by Gasteiger charge is -2.30. The summed E-state index contributed by atoms with van der Waals surface area (Å²) in [6, 6.07) is -0.934. The molecule has 1 aliphatic heterocycles. The summed E-state index contributed by atoms with van der Waals surface area (Å²) in [7, 11) is 1.50. The van der Waals surface area contributed by atoms with Gasteiger partial charge < -0.3 is 20.6 Å². The normalized spacial score (nSPS) is 29.8. The molecular formula is C18H30BN3O4. The Kier molecular flexibility index (Phi) is 5.90. The average molecular weight is 363 g/mol. The van der Waals surface area contributed by atoms with E-state index in [4.69, 9.17) is 0 Å². The summed E-state index contributed by atoms with van der Waals surface area (Å²) in [6.07, 6.45) is 5.00. The molecule has 7 nitrogen and oxygen atoms in total. The summed E-state index contributed by atoms with van der Waals surface area (Å²) in [5.74, 6) is -0.147. The summed E-state index contributed by atoms with van der Waals surface area (Å²) in [5, 5.41) is 16.1. The van der Waals surface area contributed by atoms with Gasteiger partial charge in [-0.05, 0) is 43.9 Å². The van der Waals surface area contributed by atoms with E-state index in [1.165, 1.54) is 7.85 Å². The van der Waals surface area contributed by atoms with Crippen molar-refractivity contribution in [2.24, 2.45) is 11.8 Å². The van der Waals surface area contributed by atoms with Crippen molar-refractivity contribution in [3.8, 4) is 0 Å². The molecule has 3 amide bonds. The van der Waals surface area contributed by atoms with Crippen LogP contribution in [0.1, 0.15) is 51.9 Å². The van der Waals surface area contributed by atoms with Crippen molar-refractivity contribution in [1.29, 1.82) is 0 Å². The van der Waals surface area contributed by atoms with Gasteiger partial charge in [-0.3, -0.25) is 14.4 Å². The molecule has 5 atom stereocenters. The molecule has 3 fully saturated rings. The predicted octanol–water partition coefficient (Wildman–Crippen LogP) is -0.236. The van der Waals surface area contributed by atoms with Crippen molar-refractivity contribution in [1.82, 2.24) is 15.5 Å². The van der Waals surface area contributed by atoms with Gasteiger partial charge in [-0.2, -0.15) is 0 Å². The second-order valence-corrected chi connectivity index (χ2v) is 8.10. The largest absolute Gasteiger partial charge is 0.381 e. The molecule has 0 aromatic heterocycles. The maximum absolute atomic E-state index is 13.0. The molecule has 144 valence electrons. The van der Waals surface area contributed by atoms with E-state index >= 15 is 0 Å². The Morgan fingerprint density at radius 3 is 2.58 bits per heavy atom. The molecule has 2 unspecified atom stereocenters. The van der Waals surface area contributed by atoms with Crippen LogP contribution in [0.4, 0.5) is 4.79 Å². The first kappa shape index (κ1) is 19.2. The zero-order chi connectivity index (χ0) is 18.8. The zero-order valence-electron chi connectivity index (χ0n) is 15.7. The van der Waals surface area contributed by atoms with E-state index in [0.29, 0.717) is 18.9 Å². The average Bonchev–Trinajstić information content (AvgIpc) is 3.15. The molecule has 1 saturated heterocycles. The molecule has 0 spiro atoms. The second-order valence-electron chi connectivity index (χ2n) is 8.10. The third kappa shape index (κ3) is 4.05. The smallest absolute Gasteiger partial charge is 0.251 e. The minimum absolute atomic E-state index is 0.0846. The van der Waals surface area contributed by atoms with Crippen LogP contribution in [0.5, 0.6) is 0 Å². The van der Waals surface area contributed by atoms with Gasteiger partial charge in [-0.1, -0.05) is 19.8 Å². The van der Waals surface area contributed by atoms with Crippen molar-refractivity contribution in [2.45, 2.75) is 76.1 Å². The number of fused-ring (bicyclic) bond motifs is 1. The molecule has 26 heavy (non-hydrogen) atoms. The summed E-state index contributed by atoms with van der Waals surface area (Å²) in [5.41, 5.74) is 0. The summed E-state index contributed by atoms with van der Waals surface area (Å²) in [6.45, 7) is 2.59. The second kappa shape index (κ2) is 7.98. The molecule has 3 rings (SSSR count). The van der Waals surface area contributed by atoms with Crippen molar-refractivity contribution < 1.29 is 19.5 Å². The van der Waals surface area contributed by atoms with E-state index in [-0.39, 0.29) is 23.7 Å². The number of carbonyl (C=O) groups excluding carboxylic acids is 3. The van der Waals surface area contributed by atoms with Crippen LogP contribution in [-0.2, 0) is 9.59 Å². The Labute approximate surface area is 155 Å². The van der Waals surface area contributed by atoms with Crippen LogP contribution in [0.2, 0.25) is 0 Å². The number of likely N-dealkylation sites (tertiary alicyclic amines) is 1. The van der Waals surface area contributed by atoms with E-state index in [9.17, 15) is 19.5 Å². The van der Waals surface area contributed by atoms with Gasteiger partial charge >= 0.3 is 0 Å². The lowest BCUT2D eigenvalue weighted by Crippen LogP contribution is -2.56. The number of amides is 3. The molecule has 0 aromatic carbocycles. The minimum Gasteiger partial charge on any atom is -0.381 e. The molecule has 0 bridgehead atoms. The monoisotopic (exact) mass is 363 g/mol. The van der Waals surface area contributed by atoms with Gasteiger partial charge in [-0.15, -0.1) is 0 Å². The number of nitrogens with one attached hydrogen (secondary N) is 2. The van der Waals surface area contributed by atoms with Gasteiger partial charge in [-0.25, -0.2) is 0 Å². The molecule has 3 aliphatic rings. The van der Waals surface area contributed by atoms with E-state index in [1.807, 2.05) is 6.92 Å². The first-order valence-electron chi connectivity index (χ1n) is 9.98. The van der Waals surface area contributed by atoms with E-state index < -0.39 is 24.1 Å². The Bertz CT molecular complexity index is 569. The number of hydrogen-bond acceptors (Lipinski definition) is 4. The fourth-order valence-corrected chi connectivity index (χ4v) is 4.55. The predicted molar refractivity (Wildman–Crippen MR) is 99.3 cm³/mol. The van der Waals surface area contributed by atoms with Gasteiger partial charge in [0.2, 0.25) is 13.8 Å². The third-order valence-electron chi connectivity index (χ3n) is 6.06. The first-order chi connectivity index (χ1) is 12.4. The number of nitrogens with zero attached hydrogens (tertiary/aromatic N) is 1. The fraction of sp³-hybridized carbons (Fsp3) is 0.833. The summed E-state index contributed by atoms with van der Waals surface area (Å²) in [4.78, 5) is 38.9. The Hall–Kier alpha value is -1.57. The molecule has 3 N–H and O–H groups in total. The topological polar surface area (TPSA) is 98.7 Å². The van der Waals surface area contributed by atoms with Crippen molar-refractivity contribution in [2.75, 3.05) is 6.54 Å². The molecule has 8 heteroatoms. The highest BCUT2D eigenvalue weighted by Gasteiger charge is 2.49. The van der Waals surface area contributed by atoms with Crippen molar-refractivity contribution >= 4 is 25.5 Å². The molecule has 2 aliphatic carbocycles. The van der Waals surface area contributed by atoms with Crippen molar-refractivity contribution in [3.05, 3.63) is 0 Å². The zero-order valence-corrected chi connectivity index (χ0v) is 15.7. The molecule has 2 saturated carbocycles. The van der Waals surface area contributed by atoms with Crippen LogP contribution in [-0.4, -0.2) is 66.2 Å². The standard InChI is InChI=1S/C18H30BN3O4/c1-2-4-13(15(23)17(25)20-11-7-8-11)21-16(24)14-12-6-3-5-10(12)9-22(14)18(19)26/h10-15,23H,2-9,19H2,1H3,(H,20,25)(H,21,24)/t10-,12-,13?,14-,15?/m0/s1. The highest BCUT2D eigenvalue weighted by atomic mass is 16.3. The quantitative estimate of drug-likeness (QED) is 0.544. The van der Waals surface area contributed by atoms with Crippen LogP contribution in [0.15, 0.2) is 0 Å². The minimum atomic E-state index is -1.26. The van der Waals surface area contributed by atoms with Crippen molar-refractivity contribution in [3.63, 3.8) is 0 Å². The Morgan fingerprint density at radius 1 is 1.23 bits per heavy atom. The molecule has 0 radical (unpaired) electrons. The van der Waals surface area contributed by atoms with Crippen LogP contribution in [0, 0.1) is 11.8 Å².